The normalized spacial score (nSPS) is 24.4. The number of nitrogens with zero attached hydrogens (tertiary/aromatic N) is 1. The monoisotopic (exact) mass is 383 g/mol. The van der Waals surface area contributed by atoms with Crippen LogP contribution in [0, 0.1) is 12.8 Å². The molecule has 2 aliphatic rings. The maximum absolute atomic E-state index is 13.0. The summed E-state index contributed by atoms with van der Waals surface area (Å²) in [6.45, 7) is 4.10. The largest absolute Gasteiger partial charge is 0.497 e. The maximum atomic E-state index is 13.0. The average molecular weight is 383 g/mol. The molecule has 3 atom stereocenters. The predicted molar refractivity (Wildman–Crippen MR) is 109 cm³/mol. The summed E-state index contributed by atoms with van der Waals surface area (Å²) in [5.74, 6) is 1.49. The molecule has 28 heavy (non-hydrogen) atoms. The summed E-state index contributed by atoms with van der Waals surface area (Å²) < 4.78 is 10.7. The number of methoxy groups -OCH3 is 1. The van der Waals surface area contributed by atoms with E-state index in [1.54, 1.807) is 13.2 Å². The molecule has 0 radical (unpaired) electrons. The van der Waals surface area contributed by atoms with Gasteiger partial charge in [0, 0.05) is 35.5 Å². The van der Waals surface area contributed by atoms with E-state index >= 15 is 0 Å². The number of hydrogen-bond acceptors (Lipinski definition) is 4. The number of benzene rings is 1. The number of carbonyl (C=O) groups is 1. The number of hydrogen-bond donors (Lipinski definition) is 0. The highest BCUT2D eigenvalue weighted by atomic mass is 16.5. The Balaban J connectivity index is 1.54. The van der Waals surface area contributed by atoms with E-state index in [9.17, 15) is 9.59 Å². The molecule has 5 heteroatoms. The Morgan fingerprint density at radius 3 is 2.86 bits per heavy atom. The van der Waals surface area contributed by atoms with E-state index in [0.29, 0.717) is 47.7 Å². The van der Waals surface area contributed by atoms with Gasteiger partial charge < -0.3 is 14.1 Å². The van der Waals surface area contributed by atoms with Gasteiger partial charge in [0.1, 0.15) is 11.3 Å². The topological polar surface area (TPSA) is 59.8 Å². The number of ether oxygens (including phenoxy) is 1. The van der Waals surface area contributed by atoms with Crippen LogP contribution in [-0.4, -0.2) is 30.0 Å². The Labute approximate surface area is 165 Å². The quantitative estimate of drug-likeness (QED) is 0.742. The maximum Gasteiger partial charge on any atom is 0.339 e. The highest BCUT2D eigenvalue weighted by Gasteiger charge is 2.42. The second-order valence-electron chi connectivity index (χ2n) is 8.35. The zero-order valence-corrected chi connectivity index (χ0v) is 17.0. The molecule has 1 amide bonds. The number of carbonyl (C=O) groups excluding carboxylic acids is 1. The molecule has 0 bridgehead atoms. The van der Waals surface area contributed by atoms with Crippen LogP contribution < -0.4 is 10.4 Å². The molecular weight excluding hydrogens is 354 g/mol. The van der Waals surface area contributed by atoms with Crippen molar-refractivity contribution in [3.63, 3.8) is 0 Å². The Morgan fingerprint density at radius 1 is 1.29 bits per heavy atom. The summed E-state index contributed by atoms with van der Waals surface area (Å²) in [6.07, 6.45) is 6.79. The first-order valence-corrected chi connectivity index (χ1v) is 10.4. The van der Waals surface area contributed by atoms with Crippen LogP contribution in [0.1, 0.15) is 56.6 Å². The van der Waals surface area contributed by atoms with Crippen molar-refractivity contribution in [2.45, 2.75) is 70.9 Å². The van der Waals surface area contributed by atoms with Gasteiger partial charge >= 0.3 is 5.63 Å². The van der Waals surface area contributed by atoms with E-state index in [1.807, 2.05) is 19.1 Å². The minimum absolute atomic E-state index is 0.176. The number of fused-ring (bicyclic) bond motifs is 2. The van der Waals surface area contributed by atoms with Crippen LogP contribution in [0.5, 0.6) is 5.75 Å². The van der Waals surface area contributed by atoms with Crippen LogP contribution in [0.4, 0.5) is 0 Å². The first kappa shape index (κ1) is 19.0. The van der Waals surface area contributed by atoms with Crippen LogP contribution in [0.2, 0.25) is 0 Å². The van der Waals surface area contributed by atoms with E-state index in [1.165, 1.54) is 19.3 Å². The summed E-state index contributed by atoms with van der Waals surface area (Å²) in [7, 11) is 1.59. The summed E-state index contributed by atoms with van der Waals surface area (Å²) >= 11 is 0. The Morgan fingerprint density at radius 2 is 2.07 bits per heavy atom. The average Bonchev–Trinajstić information content (AvgIpc) is 3.02. The van der Waals surface area contributed by atoms with Gasteiger partial charge in [0.15, 0.2) is 0 Å². The van der Waals surface area contributed by atoms with Gasteiger partial charge in [-0.05, 0) is 63.1 Å². The summed E-state index contributed by atoms with van der Waals surface area (Å²) in [5, 5.41) is 0.893. The molecule has 1 aliphatic heterocycles. The van der Waals surface area contributed by atoms with Crippen molar-refractivity contribution in [1.29, 1.82) is 0 Å². The molecule has 0 N–H and O–H groups in total. The van der Waals surface area contributed by atoms with Crippen molar-refractivity contribution < 1.29 is 13.9 Å². The SMILES string of the molecule is COc1ccc2c(C)c(CCC(=O)N3C(C)CC4CCCCC43)c(=O)oc2c1. The van der Waals surface area contributed by atoms with Crippen LogP contribution in [0.25, 0.3) is 11.0 Å². The first-order valence-electron chi connectivity index (χ1n) is 10.4. The van der Waals surface area contributed by atoms with Gasteiger partial charge in [-0.15, -0.1) is 0 Å². The molecule has 1 saturated heterocycles. The standard InChI is InChI=1S/C23H29NO4/c1-14-12-16-6-4-5-7-20(16)24(14)22(25)11-10-19-15(2)18-9-8-17(27-3)13-21(18)28-23(19)26/h8-9,13-14,16,20H,4-7,10-12H2,1-3H3. The fourth-order valence-electron chi connectivity index (χ4n) is 5.29. The van der Waals surface area contributed by atoms with Crippen molar-refractivity contribution in [2.75, 3.05) is 7.11 Å². The zero-order chi connectivity index (χ0) is 19.8. The highest BCUT2D eigenvalue weighted by molar-refractivity contribution is 5.83. The third-order valence-corrected chi connectivity index (χ3v) is 6.72. The smallest absolute Gasteiger partial charge is 0.339 e. The Kier molecular flexibility index (Phi) is 5.17. The molecule has 150 valence electrons. The van der Waals surface area contributed by atoms with Crippen molar-refractivity contribution in [3.05, 3.63) is 39.7 Å². The molecule has 1 aliphatic carbocycles. The number of rotatable bonds is 4. The Bertz CT molecular complexity index is 948. The Hall–Kier alpha value is -2.30. The van der Waals surface area contributed by atoms with E-state index in [2.05, 4.69) is 11.8 Å². The van der Waals surface area contributed by atoms with E-state index in [0.717, 1.165) is 23.8 Å². The number of likely N-dealkylation sites (tertiary alicyclic amines) is 1. The van der Waals surface area contributed by atoms with Gasteiger partial charge in [0.05, 0.1) is 7.11 Å². The molecule has 5 nitrogen and oxygen atoms in total. The lowest BCUT2D eigenvalue weighted by Gasteiger charge is -2.33. The van der Waals surface area contributed by atoms with Gasteiger partial charge in [-0.2, -0.15) is 0 Å². The van der Waals surface area contributed by atoms with Crippen LogP contribution >= 0.6 is 0 Å². The summed E-state index contributed by atoms with van der Waals surface area (Å²) in [5.41, 5.74) is 1.68. The molecule has 4 rings (SSSR count). The van der Waals surface area contributed by atoms with Gasteiger partial charge in [0.25, 0.3) is 0 Å². The number of aryl methyl sites for hydroxylation is 1. The van der Waals surface area contributed by atoms with Gasteiger partial charge in [-0.3, -0.25) is 4.79 Å². The fraction of sp³-hybridized carbons (Fsp3) is 0.565. The molecule has 1 aromatic carbocycles. The van der Waals surface area contributed by atoms with Crippen LogP contribution in [-0.2, 0) is 11.2 Å². The molecular formula is C23H29NO4. The molecule has 2 fully saturated rings. The third-order valence-electron chi connectivity index (χ3n) is 6.72. The van der Waals surface area contributed by atoms with Gasteiger partial charge in [0.2, 0.25) is 5.91 Å². The minimum atomic E-state index is -0.351. The second kappa shape index (κ2) is 7.61. The zero-order valence-electron chi connectivity index (χ0n) is 17.0. The van der Waals surface area contributed by atoms with E-state index in [-0.39, 0.29) is 11.5 Å². The molecule has 3 unspecified atom stereocenters. The van der Waals surface area contributed by atoms with Crippen molar-refractivity contribution in [1.82, 2.24) is 4.90 Å². The first-order chi connectivity index (χ1) is 13.5. The summed E-state index contributed by atoms with van der Waals surface area (Å²) in [4.78, 5) is 27.7. The van der Waals surface area contributed by atoms with Crippen molar-refractivity contribution in [2.24, 2.45) is 5.92 Å². The van der Waals surface area contributed by atoms with E-state index < -0.39 is 0 Å². The lowest BCUT2D eigenvalue weighted by atomic mass is 9.85. The molecule has 1 saturated carbocycles. The van der Waals surface area contributed by atoms with E-state index in [4.69, 9.17) is 9.15 Å². The van der Waals surface area contributed by atoms with Crippen LogP contribution in [0.3, 0.4) is 0 Å². The lowest BCUT2D eigenvalue weighted by molar-refractivity contribution is -0.134. The van der Waals surface area contributed by atoms with Crippen molar-refractivity contribution >= 4 is 16.9 Å². The minimum Gasteiger partial charge on any atom is -0.497 e. The second-order valence-corrected chi connectivity index (χ2v) is 8.35. The molecule has 0 spiro atoms. The summed E-state index contributed by atoms with van der Waals surface area (Å²) in [6, 6.07) is 6.21. The van der Waals surface area contributed by atoms with Gasteiger partial charge in [-0.1, -0.05) is 12.8 Å². The molecule has 1 aromatic heterocycles. The third kappa shape index (κ3) is 3.31. The molecule has 2 aromatic rings. The fourth-order valence-corrected chi connectivity index (χ4v) is 5.29. The van der Waals surface area contributed by atoms with Crippen LogP contribution in [0.15, 0.2) is 27.4 Å². The number of amides is 1. The lowest BCUT2D eigenvalue weighted by Crippen LogP contribution is -2.42. The van der Waals surface area contributed by atoms with Gasteiger partial charge in [-0.25, -0.2) is 4.79 Å². The predicted octanol–water partition coefficient (Wildman–Crippen LogP) is 4.22. The molecule has 2 heterocycles. The highest BCUT2D eigenvalue weighted by Crippen LogP contribution is 2.40. The van der Waals surface area contributed by atoms with Crippen molar-refractivity contribution in [3.8, 4) is 5.75 Å².